The lowest BCUT2D eigenvalue weighted by Crippen LogP contribution is -2.19. The number of hydrogen-bond acceptors (Lipinski definition) is 10. The summed E-state index contributed by atoms with van der Waals surface area (Å²) in [5.74, 6) is 1.15. The van der Waals surface area contributed by atoms with E-state index in [4.69, 9.17) is 19.9 Å². The van der Waals surface area contributed by atoms with Gasteiger partial charge < -0.3 is 30.2 Å². The average molecular weight is 495 g/mol. The molecule has 190 valence electrons. The Kier molecular flexibility index (Phi) is 8.42. The van der Waals surface area contributed by atoms with Gasteiger partial charge >= 0.3 is 11.7 Å². The van der Waals surface area contributed by atoms with Gasteiger partial charge in [0.05, 0.1) is 31.6 Å². The molecule has 0 atom stereocenters. The van der Waals surface area contributed by atoms with Crippen LogP contribution in [0, 0.1) is 0 Å². The number of hydrogen-bond donors (Lipinski definition) is 3. The monoisotopic (exact) mass is 494 g/mol. The number of aromatic amines is 1. The van der Waals surface area contributed by atoms with Crippen LogP contribution in [0.5, 0.6) is 17.6 Å². The summed E-state index contributed by atoms with van der Waals surface area (Å²) in [6.45, 7) is 4.83. The Morgan fingerprint density at radius 3 is 2.72 bits per heavy atom. The normalized spacial score (nSPS) is 11.2. The zero-order valence-electron chi connectivity index (χ0n) is 20.4. The fourth-order valence-electron chi connectivity index (χ4n) is 3.38. The number of aromatic nitrogens is 6. The number of fused-ring (bicyclic) bond motifs is 1. The van der Waals surface area contributed by atoms with E-state index in [1.54, 1.807) is 25.6 Å². The van der Waals surface area contributed by atoms with Crippen LogP contribution in [-0.4, -0.2) is 56.4 Å². The number of nitrogens with one attached hydrogen (secondary N) is 2. The third kappa shape index (κ3) is 6.34. The molecule has 4 aromatic rings. The molecule has 0 bridgehead atoms. The van der Waals surface area contributed by atoms with E-state index in [1.807, 2.05) is 18.2 Å². The van der Waals surface area contributed by atoms with Crippen molar-refractivity contribution in [3.05, 3.63) is 58.4 Å². The van der Waals surface area contributed by atoms with Gasteiger partial charge in [0, 0.05) is 32.5 Å². The molecule has 0 fully saturated rings. The van der Waals surface area contributed by atoms with Crippen LogP contribution >= 0.6 is 0 Å². The van der Waals surface area contributed by atoms with E-state index in [2.05, 4.69) is 37.2 Å². The van der Waals surface area contributed by atoms with Gasteiger partial charge in [0.2, 0.25) is 5.88 Å². The van der Waals surface area contributed by atoms with Gasteiger partial charge in [-0.3, -0.25) is 9.55 Å². The van der Waals surface area contributed by atoms with E-state index in [0.717, 1.165) is 30.6 Å². The molecule has 4 heterocycles. The third-order valence-corrected chi connectivity index (χ3v) is 5.31. The summed E-state index contributed by atoms with van der Waals surface area (Å²) in [7, 11) is 1.67. The van der Waals surface area contributed by atoms with Crippen LogP contribution in [0.25, 0.3) is 11.2 Å². The number of ether oxygens (including phenoxy) is 3. The van der Waals surface area contributed by atoms with Crippen molar-refractivity contribution in [3.63, 3.8) is 0 Å². The van der Waals surface area contributed by atoms with Crippen molar-refractivity contribution < 1.29 is 14.2 Å². The van der Waals surface area contributed by atoms with Crippen molar-refractivity contribution >= 4 is 17.0 Å². The standard InChI is InChI=1S/C24H30N8O4/c1-3-4-10-35-23-30-21(25)20-22(31-23)32(24(33)29-20)15-16-5-8-19(28-12-16)36-18-7-6-17(27-14-18)13-26-9-11-34-2/h5-8,12,14,26H,3-4,9-11,13,15H2,1-2H3,(H,29,33)(H2,25,30,31). The molecule has 0 saturated heterocycles. The summed E-state index contributed by atoms with van der Waals surface area (Å²) in [6.07, 6.45) is 5.14. The number of nitrogen functional groups attached to an aromatic ring is 1. The summed E-state index contributed by atoms with van der Waals surface area (Å²) in [4.78, 5) is 32.6. The Morgan fingerprint density at radius 2 is 2.00 bits per heavy atom. The molecule has 36 heavy (non-hydrogen) atoms. The highest BCUT2D eigenvalue weighted by atomic mass is 16.5. The Balaban J connectivity index is 1.42. The van der Waals surface area contributed by atoms with E-state index in [9.17, 15) is 4.79 Å². The van der Waals surface area contributed by atoms with E-state index in [0.29, 0.717) is 42.6 Å². The summed E-state index contributed by atoms with van der Waals surface area (Å²) >= 11 is 0. The van der Waals surface area contributed by atoms with E-state index >= 15 is 0 Å². The highest BCUT2D eigenvalue weighted by Crippen LogP contribution is 2.21. The molecule has 4 rings (SSSR count). The molecule has 0 saturated carbocycles. The van der Waals surface area contributed by atoms with Crippen molar-refractivity contribution in [2.75, 3.05) is 32.6 Å². The Hall–Kier alpha value is -4.03. The lowest BCUT2D eigenvalue weighted by atomic mass is 10.3. The van der Waals surface area contributed by atoms with Gasteiger partial charge in [0.25, 0.3) is 0 Å². The number of anilines is 1. The van der Waals surface area contributed by atoms with Crippen LogP contribution in [0.1, 0.15) is 31.0 Å². The highest BCUT2D eigenvalue weighted by molar-refractivity contribution is 5.81. The predicted octanol–water partition coefficient (Wildman–Crippen LogP) is 2.25. The second kappa shape index (κ2) is 12.1. The molecule has 0 aliphatic rings. The number of nitrogens with zero attached hydrogens (tertiary/aromatic N) is 5. The Morgan fingerprint density at radius 1 is 1.11 bits per heavy atom. The third-order valence-electron chi connectivity index (χ3n) is 5.31. The second-order valence-electron chi connectivity index (χ2n) is 8.07. The number of nitrogens with two attached hydrogens (primary N) is 1. The predicted molar refractivity (Wildman–Crippen MR) is 134 cm³/mol. The average Bonchev–Trinajstić information content (AvgIpc) is 3.20. The SMILES string of the molecule is CCCCOc1nc(N)c2[nH]c(=O)n(Cc3ccc(Oc4ccc(CNCCOC)nc4)nc3)c2n1. The van der Waals surface area contributed by atoms with Crippen LogP contribution in [0.4, 0.5) is 5.82 Å². The molecule has 4 N–H and O–H groups in total. The molecular weight excluding hydrogens is 464 g/mol. The first kappa shape index (κ1) is 25.1. The number of imidazole rings is 1. The lowest BCUT2D eigenvalue weighted by molar-refractivity contribution is 0.199. The number of pyridine rings is 2. The van der Waals surface area contributed by atoms with Gasteiger partial charge in [-0.15, -0.1) is 0 Å². The molecule has 0 radical (unpaired) electrons. The van der Waals surface area contributed by atoms with Crippen molar-refractivity contribution in [1.82, 2.24) is 34.8 Å². The molecule has 0 unspecified atom stereocenters. The minimum Gasteiger partial charge on any atom is -0.463 e. The molecule has 0 aromatic carbocycles. The molecule has 4 aromatic heterocycles. The molecule has 0 amide bonds. The van der Waals surface area contributed by atoms with E-state index in [1.165, 1.54) is 4.57 Å². The van der Waals surface area contributed by atoms with Crippen LogP contribution < -0.4 is 26.2 Å². The fraction of sp³-hybridized carbons (Fsp3) is 0.375. The maximum absolute atomic E-state index is 12.6. The van der Waals surface area contributed by atoms with Crippen molar-refractivity contribution in [2.24, 2.45) is 0 Å². The summed E-state index contributed by atoms with van der Waals surface area (Å²) < 4.78 is 17.9. The van der Waals surface area contributed by atoms with Gasteiger partial charge in [0.15, 0.2) is 11.5 Å². The van der Waals surface area contributed by atoms with Crippen LogP contribution in [0.15, 0.2) is 41.5 Å². The zero-order chi connectivity index (χ0) is 25.3. The van der Waals surface area contributed by atoms with Crippen LogP contribution in [-0.2, 0) is 17.8 Å². The first-order valence-electron chi connectivity index (χ1n) is 11.7. The van der Waals surface area contributed by atoms with Crippen molar-refractivity contribution in [3.8, 4) is 17.6 Å². The Bertz CT molecular complexity index is 1320. The largest absolute Gasteiger partial charge is 0.463 e. The summed E-state index contributed by atoms with van der Waals surface area (Å²) in [5.41, 5.74) is 8.10. The van der Waals surface area contributed by atoms with Crippen molar-refractivity contribution in [2.45, 2.75) is 32.9 Å². The van der Waals surface area contributed by atoms with Gasteiger partial charge in [-0.1, -0.05) is 19.4 Å². The van der Waals surface area contributed by atoms with Gasteiger partial charge in [-0.05, 0) is 24.1 Å². The van der Waals surface area contributed by atoms with Crippen molar-refractivity contribution in [1.29, 1.82) is 0 Å². The van der Waals surface area contributed by atoms with Gasteiger partial charge in [0.1, 0.15) is 11.3 Å². The maximum Gasteiger partial charge on any atom is 0.328 e. The minimum absolute atomic E-state index is 0.147. The number of methoxy groups -OCH3 is 1. The topological polar surface area (TPSA) is 155 Å². The molecule has 12 nitrogen and oxygen atoms in total. The number of rotatable bonds is 13. The summed E-state index contributed by atoms with van der Waals surface area (Å²) in [5, 5.41) is 3.24. The van der Waals surface area contributed by atoms with Gasteiger partial charge in [-0.2, -0.15) is 9.97 Å². The smallest absolute Gasteiger partial charge is 0.328 e. The molecular formula is C24H30N8O4. The van der Waals surface area contributed by atoms with Crippen LogP contribution in [0.2, 0.25) is 0 Å². The minimum atomic E-state index is -0.347. The first-order chi connectivity index (χ1) is 17.6. The molecule has 12 heteroatoms. The molecule has 0 aliphatic carbocycles. The lowest BCUT2D eigenvalue weighted by Gasteiger charge is -2.08. The summed E-state index contributed by atoms with van der Waals surface area (Å²) in [6, 6.07) is 7.44. The number of unbranched alkanes of at least 4 members (excludes halogenated alkanes) is 1. The van der Waals surface area contributed by atoms with E-state index in [-0.39, 0.29) is 24.1 Å². The maximum atomic E-state index is 12.6. The molecule has 0 spiro atoms. The number of H-pyrrole nitrogens is 1. The fourth-order valence-corrected chi connectivity index (χ4v) is 3.38. The second-order valence-corrected chi connectivity index (χ2v) is 8.07. The zero-order valence-corrected chi connectivity index (χ0v) is 20.4. The van der Waals surface area contributed by atoms with Gasteiger partial charge in [-0.25, -0.2) is 9.78 Å². The van der Waals surface area contributed by atoms with E-state index < -0.39 is 0 Å². The van der Waals surface area contributed by atoms with Crippen LogP contribution in [0.3, 0.4) is 0 Å². The quantitative estimate of drug-likeness (QED) is 0.236. The first-order valence-corrected chi connectivity index (χ1v) is 11.7. The molecule has 0 aliphatic heterocycles. The Labute approximate surface area is 207 Å². The highest BCUT2D eigenvalue weighted by Gasteiger charge is 2.15.